The first-order valence-electron chi connectivity index (χ1n) is 6.44. The zero-order valence-electron chi connectivity index (χ0n) is 11.0. The van der Waals surface area contributed by atoms with Crippen LogP contribution in [0.4, 0.5) is 8.78 Å². The molecule has 0 aliphatic rings. The average Bonchev–Trinajstić information content (AvgIpc) is 2.38. The van der Waals surface area contributed by atoms with Crippen LogP contribution in [0.15, 0.2) is 12.1 Å². The molecule has 18 heavy (non-hydrogen) atoms. The van der Waals surface area contributed by atoms with Crippen molar-refractivity contribution in [1.29, 1.82) is 0 Å². The van der Waals surface area contributed by atoms with E-state index in [0.29, 0.717) is 13.2 Å². The summed E-state index contributed by atoms with van der Waals surface area (Å²) >= 11 is 0. The smallest absolute Gasteiger partial charge is 0.204 e. The number of rotatable bonds is 8. The van der Waals surface area contributed by atoms with Gasteiger partial charge in [-0.2, -0.15) is 8.78 Å². The van der Waals surface area contributed by atoms with Crippen molar-refractivity contribution in [3.8, 4) is 11.5 Å². The fraction of sp³-hybridized carbons (Fsp3) is 0.571. The summed E-state index contributed by atoms with van der Waals surface area (Å²) in [6, 6.07) is 2.82. The van der Waals surface area contributed by atoms with E-state index in [4.69, 9.17) is 9.47 Å². The van der Waals surface area contributed by atoms with E-state index in [1.54, 1.807) is 0 Å². The second kappa shape index (κ2) is 7.90. The maximum absolute atomic E-state index is 13.6. The third kappa shape index (κ3) is 4.17. The summed E-state index contributed by atoms with van der Waals surface area (Å²) in [6.07, 6.45) is 3.66. The number of benzene rings is 1. The molecule has 0 aliphatic heterocycles. The highest BCUT2D eigenvalue weighted by atomic mass is 19.2. The van der Waals surface area contributed by atoms with Gasteiger partial charge in [0.2, 0.25) is 11.6 Å². The summed E-state index contributed by atoms with van der Waals surface area (Å²) in [6.45, 7) is 4.74. The third-order valence-corrected chi connectivity index (χ3v) is 2.48. The molecular weight excluding hydrogens is 238 g/mol. The van der Waals surface area contributed by atoms with E-state index in [2.05, 4.69) is 6.92 Å². The number of ether oxygens (including phenoxy) is 2. The van der Waals surface area contributed by atoms with E-state index in [0.717, 1.165) is 25.7 Å². The molecule has 2 nitrogen and oxygen atoms in total. The van der Waals surface area contributed by atoms with Crippen LogP contribution in [-0.2, 0) is 0 Å². The Hall–Kier alpha value is -1.32. The Balaban J connectivity index is 2.62. The molecule has 0 saturated carbocycles. The van der Waals surface area contributed by atoms with Crippen LogP contribution in [0.25, 0.3) is 0 Å². The predicted molar refractivity (Wildman–Crippen MR) is 67.2 cm³/mol. The molecule has 1 rings (SSSR count). The number of hydrogen-bond acceptors (Lipinski definition) is 2. The van der Waals surface area contributed by atoms with Crippen molar-refractivity contribution in [2.24, 2.45) is 0 Å². The van der Waals surface area contributed by atoms with Gasteiger partial charge in [-0.25, -0.2) is 0 Å². The molecule has 0 aromatic heterocycles. The molecule has 0 atom stereocenters. The fourth-order valence-electron chi connectivity index (χ4n) is 1.48. The van der Waals surface area contributed by atoms with Crippen LogP contribution >= 0.6 is 0 Å². The molecule has 102 valence electrons. The molecule has 0 spiro atoms. The zero-order chi connectivity index (χ0) is 13.4. The van der Waals surface area contributed by atoms with Crippen LogP contribution in [0, 0.1) is 11.6 Å². The zero-order valence-corrected chi connectivity index (χ0v) is 11.0. The van der Waals surface area contributed by atoms with Crippen molar-refractivity contribution in [2.75, 3.05) is 13.2 Å². The van der Waals surface area contributed by atoms with E-state index in [9.17, 15) is 8.78 Å². The van der Waals surface area contributed by atoms with Crippen LogP contribution in [0.5, 0.6) is 11.5 Å². The minimum absolute atomic E-state index is 0.0487. The van der Waals surface area contributed by atoms with Crippen LogP contribution in [0.1, 0.15) is 39.5 Å². The van der Waals surface area contributed by atoms with Crippen molar-refractivity contribution >= 4 is 0 Å². The highest BCUT2D eigenvalue weighted by Gasteiger charge is 2.15. The molecule has 4 heteroatoms. The number of hydrogen-bond donors (Lipinski definition) is 0. The second-order valence-electron chi connectivity index (χ2n) is 4.09. The van der Waals surface area contributed by atoms with Gasteiger partial charge in [-0.1, -0.05) is 26.7 Å². The molecule has 0 radical (unpaired) electrons. The van der Waals surface area contributed by atoms with Gasteiger partial charge >= 0.3 is 0 Å². The van der Waals surface area contributed by atoms with Crippen LogP contribution in [0.3, 0.4) is 0 Å². The van der Waals surface area contributed by atoms with Gasteiger partial charge in [0, 0.05) is 0 Å². The molecule has 0 bridgehead atoms. The minimum atomic E-state index is -0.976. The van der Waals surface area contributed by atoms with E-state index in [1.807, 2.05) is 6.92 Å². The molecule has 0 N–H and O–H groups in total. The van der Waals surface area contributed by atoms with Gasteiger partial charge in [0.1, 0.15) is 0 Å². The molecule has 0 saturated heterocycles. The Morgan fingerprint density at radius 3 is 1.89 bits per heavy atom. The maximum Gasteiger partial charge on any atom is 0.204 e. The molecule has 0 aliphatic carbocycles. The summed E-state index contributed by atoms with van der Waals surface area (Å²) in [5, 5.41) is 0. The van der Waals surface area contributed by atoms with Gasteiger partial charge in [0.25, 0.3) is 0 Å². The van der Waals surface area contributed by atoms with E-state index >= 15 is 0 Å². The molecule has 0 fully saturated rings. The lowest BCUT2D eigenvalue weighted by Crippen LogP contribution is -2.03. The minimum Gasteiger partial charge on any atom is -0.490 e. The van der Waals surface area contributed by atoms with Crippen molar-refractivity contribution in [3.05, 3.63) is 23.8 Å². The Morgan fingerprint density at radius 2 is 1.39 bits per heavy atom. The number of halogens is 2. The van der Waals surface area contributed by atoms with Crippen molar-refractivity contribution < 1.29 is 18.3 Å². The first kappa shape index (κ1) is 14.7. The summed E-state index contributed by atoms with van der Waals surface area (Å²) in [7, 11) is 0. The third-order valence-electron chi connectivity index (χ3n) is 2.48. The largest absolute Gasteiger partial charge is 0.490 e. The van der Waals surface area contributed by atoms with Gasteiger partial charge in [0.05, 0.1) is 13.2 Å². The highest BCUT2D eigenvalue weighted by Crippen LogP contribution is 2.27. The second-order valence-corrected chi connectivity index (χ2v) is 4.09. The van der Waals surface area contributed by atoms with Gasteiger partial charge in [-0.3, -0.25) is 0 Å². The molecule has 0 heterocycles. The van der Waals surface area contributed by atoms with Gasteiger partial charge in [-0.15, -0.1) is 0 Å². The van der Waals surface area contributed by atoms with Crippen LogP contribution in [-0.4, -0.2) is 13.2 Å². The summed E-state index contributed by atoms with van der Waals surface area (Å²) in [4.78, 5) is 0. The van der Waals surface area contributed by atoms with Crippen LogP contribution in [0.2, 0.25) is 0 Å². The standard InChI is InChI=1S/C14H20F2O2/c1-3-5-6-10-18-12-8-7-11(17-9-4-2)13(15)14(12)16/h7-8H,3-6,9-10H2,1-2H3. The van der Waals surface area contributed by atoms with Gasteiger partial charge < -0.3 is 9.47 Å². The topological polar surface area (TPSA) is 18.5 Å². The van der Waals surface area contributed by atoms with Gasteiger partial charge in [0.15, 0.2) is 11.5 Å². The lowest BCUT2D eigenvalue weighted by Gasteiger charge is -2.10. The van der Waals surface area contributed by atoms with E-state index < -0.39 is 11.6 Å². The average molecular weight is 258 g/mol. The fourth-order valence-corrected chi connectivity index (χ4v) is 1.48. The monoisotopic (exact) mass is 258 g/mol. The molecule has 0 amide bonds. The quantitative estimate of drug-likeness (QED) is 0.646. The first-order valence-corrected chi connectivity index (χ1v) is 6.44. The summed E-state index contributed by atoms with van der Waals surface area (Å²) < 4.78 is 37.5. The van der Waals surface area contributed by atoms with Gasteiger partial charge in [-0.05, 0) is 25.0 Å². The van der Waals surface area contributed by atoms with Crippen molar-refractivity contribution in [1.82, 2.24) is 0 Å². The summed E-state index contributed by atoms with van der Waals surface area (Å²) in [5.74, 6) is -2.06. The Labute approximate surface area is 107 Å². The molecule has 0 unspecified atom stereocenters. The maximum atomic E-state index is 13.6. The SMILES string of the molecule is CCCCCOc1ccc(OCCC)c(F)c1F. The lowest BCUT2D eigenvalue weighted by molar-refractivity contribution is 0.271. The molecule has 1 aromatic rings. The summed E-state index contributed by atoms with van der Waals surface area (Å²) in [5.41, 5.74) is 0. The van der Waals surface area contributed by atoms with Crippen LogP contribution < -0.4 is 9.47 Å². The normalized spacial score (nSPS) is 10.4. The highest BCUT2D eigenvalue weighted by molar-refractivity contribution is 5.35. The molecular formula is C14H20F2O2. The van der Waals surface area contributed by atoms with Crippen molar-refractivity contribution in [3.63, 3.8) is 0 Å². The molecule has 1 aromatic carbocycles. The van der Waals surface area contributed by atoms with Crippen molar-refractivity contribution in [2.45, 2.75) is 39.5 Å². The lowest BCUT2D eigenvalue weighted by atomic mass is 10.2. The first-order chi connectivity index (χ1) is 8.70. The van der Waals surface area contributed by atoms with E-state index in [-0.39, 0.29) is 11.5 Å². The van der Waals surface area contributed by atoms with E-state index in [1.165, 1.54) is 12.1 Å². The Morgan fingerprint density at radius 1 is 0.833 bits per heavy atom. The Bertz CT molecular complexity index is 367. The predicted octanol–water partition coefficient (Wildman–Crippen LogP) is 4.32. The Kier molecular flexibility index (Phi) is 6.47. The number of unbranched alkanes of at least 4 members (excludes halogenated alkanes) is 2.